The summed E-state index contributed by atoms with van der Waals surface area (Å²) in [6.07, 6.45) is 3.86. The third kappa shape index (κ3) is 2.53. The van der Waals surface area contributed by atoms with Gasteiger partial charge in [-0.15, -0.1) is 0 Å². The highest BCUT2D eigenvalue weighted by Crippen LogP contribution is 2.55. The van der Waals surface area contributed by atoms with Crippen LogP contribution in [0.4, 0.5) is 5.69 Å². The van der Waals surface area contributed by atoms with E-state index in [0.717, 1.165) is 48.2 Å². The Balaban J connectivity index is 1.57. The minimum atomic E-state index is -0.763. The first-order valence-corrected chi connectivity index (χ1v) is 10.1. The third-order valence-electron chi connectivity index (χ3n) is 6.58. The Morgan fingerprint density at radius 3 is 2.79 bits per heavy atom. The average Bonchev–Trinajstić information content (AvgIpc) is 2.68. The smallest absolute Gasteiger partial charge is 0.237 e. The first kappa shape index (κ1) is 17.3. The molecule has 2 fully saturated rings. The van der Waals surface area contributed by atoms with Gasteiger partial charge >= 0.3 is 0 Å². The molecule has 5 heteroatoms. The minimum absolute atomic E-state index is 0.112. The van der Waals surface area contributed by atoms with E-state index in [1.807, 2.05) is 55.5 Å². The van der Waals surface area contributed by atoms with Crippen LogP contribution in [0, 0.1) is 18.8 Å². The number of rotatable bonds is 2. The van der Waals surface area contributed by atoms with Crippen LogP contribution >= 0.6 is 0 Å². The summed E-state index contributed by atoms with van der Waals surface area (Å²) in [5.74, 6) is -0.499. The molecule has 1 saturated carbocycles. The fourth-order valence-electron chi connectivity index (χ4n) is 5.28. The SMILES string of the molecule is Cc1ccccc1NC(=O)[C@H]1C(=O)N[C@@]23CCCC[C@H]2[C@H]1c1ccccc1O3. The van der Waals surface area contributed by atoms with Crippen molar-refractivity contribution in [3.63, 3.8) is 0 Å². The Kier molecular flexibility index (Phi) is 3.93. The molecule has 2 bridgehead atoms. The molecule has 1 aliphatic carbocycles. The van der Waals surface area contributed by atoms with E-state index in [2.05, 4.69) is 10.6 Å². The van der Waals surface area contributed by atoms with E-state index in [0.29, 0.717) is 0 Å². The molecule has 0 radical (unpaired) electrons. The molecular formula is C23H24N2O3. The molecule has 1 saturated heterocycles. The van der Waals surface area contributed by atoms with Crippen LogP contribution < -0.4 is 15.4 Å². The van der Waals surface area contributed by atoms with Gasteiger partial charge in [-0.2, -0.15) is 0 Å². The summed E-state index contributed by atoms with van der Waals surface area (Å²) in [6.45, 7) is 1.95. The van der Waals surface area contributed by atoms with Crippen molar-refractivity contribution < 1.29 is 14.3 Å². The van der Waals surface area contributed by atoms with E-state index in [4.69, 9.17) is 4.74 Å². The Labute approximate surface area is 164 Å². The summed E-state index contributed by atoms with van der Waals surface area (Å²) in [7, 11) is 0. The number of carbonyl (C=O) groups is 2. The predicted octanol–water partition coefficient (Wildman–Crippen LogP) is 3.74. The second-order valence-electron chi connectivity index (χ2n) is 8.18. The van der Waals surface area contributed by atoms with Crippen molar-refractivity contribution in [3.8, 4) is 5.75 Å². The largest absolute Gasteiger partial charge is 0.467 e. The van der Waals surface area contributed by atoms with E-state index >= 15 is 0 Å². The average molecular weight is 376 g/mol. The van der Waals surface area contributed by atoms with Crippen LogP contribution in [-0.2, 0) is 9.59 Å². The lowest BCUT2D eigenvalue weighted by molar-refractivity contribution is -0.160. The normalized spacial score (nSPS) is 30.3. The molecule has 2 heterocycles. The number of ether oxygens (including phenoxy) is 1. The summed E-state index contributed by atoms with van der Waals surface area (Å²) in [5.41, 5.74) is 2.03. The van der Waals surface area contributed by atoms with Gasteiger partial charge in [0.25, 0.3) is 0 Å². The zero-order chi connectivity index (χ0) is 19.3. The predicted molar refractivity (Wildman–Crippen MR) is 106 cm³/mol. The summed E-state index contributed by atoms with van der Waals surface area (Å²) >= 11 is 0. The third-order valence-corrected chi connectivity index (χ3v) is 6.58. The Morgan fingerprint density at radius 2 is 1.93 bits per heavy atom. The lowest BCUT2D eigenvalue weighted by atomic mass is 9.62. The number of hydrogen-bond acceptors (Lipinski definition) is 3. The van der Waals surface area contributed by atoms with E-state index < -0.39 is 11.6 Å². The molecule has 2 aromatic rings. The van der Waals surface area contributed by atoms with Gasteiger partial charge in [-0.1, -0.05) is 42.8 Å². The van der Waals surface area contributed by atoms with Gasteiger partial charge in [-0.05, 0) is 43.0 Å². The molecule has 4 atom stereocenters. The molecule has 28 heavy (non-hydrogen) atoms. The topological polar surface area (TPSA) is 67.4 Å². The number of anilines is 1. The first-order chi connectivity index (χ1) is 13.6. The molecule has 2 N–H and O–H groups in total. The maximum Gasteiger partial charge on any atom is 0.237 e. The zero-order valence-corrected chi connectivity index (χ0v) is 15.9. The van der Waals surface area contributed by atoms with Crippen molar-refractivity contribution in [3.05, 3.63) is 59.7 Å². The molecule has 5 rings (SSSR count). The molecule has 2 aromatic carbocycles. The monoisotopic (exact) mass is 376 g/mol. The number of fused-ring (bicyclic) bond motifs is 2. The maximum atomic E-state index is 13.3. The van der Waals surface area contributed by atoms with Crippen LogP contribution in [-0.4, -0.2) is 17.5 Å². The van der Waals surface area contributed by atoms with Gasteiger partial charge in [0, 0.05) is 23.9 Å². The number of aryl methyl sites for hydroxylation is 1. The number of nitrogens with one attached hydrogen (secondary N) is 2. The number of hydrogen-bond donors (Lipinski definition) is 2. The number of amides is 2. The van der Waals surface area contributed by atoms with Crippen LogP contribution in [0.25, 0.3) is 0 Å². The van der Waals surface area contributed by atoms with E-state index in [1.54, 1.807) is 0 Å². The van der Waals surface area contributed by atoms with Crippen molar-refractivity contribution in [1.29, 1.82) is 0 Å². The molecule has 144 valence electrons. The van der Waals surface area contributed by atoms with Gasteiger partial charge in [-0.3, -0.25) is 9.59 Å². The van der Waals surface area contributed by atoms with Gasteiger partial charge < -0.3 is 15.4 Å². The molecule has 0 unspecified atom stereocenters. The molecule has 0 aromatic heterocycles. The molecule has 2 amide bonds. The Morgan fingerprint density at radius 1 is 1.14 bits per heavy atom. The minimum Gasteiger partial charge on any atom is -0.467 e. The lowest BCUT2D eigenvalue weighted by Gasteiger charge is -2.55. The summed E-state index contributed by atoms with van der Waals surface area (Å²) < 4.78 is 6.37. The maximum absolute atomic E-state index is 13.3. The van der Waals surface area contributed by atoms with Crippen molar-refractivity contribution in [2.24, 2.45) is 11.8 Å². The van der Waals surface area contributed by atoms with Gasteiger partial charge in [0.15, 0.2) is 5.72 Å². The highest BCUT2D eigenvalue weighted by molar-refractivity contribution is 6.08. The second kappa shape index (κ2) is 6.36. The standard InChI is InChI=1S/C23H24N2O3/c1-14-8-2-4-11-17(14)24-21(26)20-19-15-9-3-5-12-18(15)28-23(25-22(20)27)13-7-6-10-16(19)23/h2-5,8-9,11-12,16,19-20H,6-7,10,13H2,1H3,(H,24,26)(H,25,27)/t16-,19+,20-,23+/m0/s1. The fraction of sp³-hybridized carbons (Fsp3) is 0.391. The highest BCUT2D eigenvalue weighted by Gasteiger charge is 2.60. The number of para-hydroxylation sites is 2. The van der Waals surface area contributed by atoms with E-state index in [1.165, 1.54) is 0 Å². The zero-order valence-electron chi connectivity index (χ0n) is 15.9. The van der Waals surface area contributed by atoms with E-state index in [9.17, 15) is 9.59 Å². The molecule has 0 spiro atoms. The van der Waals surface area contributed by atoms with Crippen molar-refractivity contribution in [1.82, 2.24) is 5.32 Å². The first-order valence-electron chi connectivity index (χ1n) is 10.1. The van der Waals surface area contributed by atoms with Crippen LogP contribution in [0.2, 0.25) is 0 Å². The molecule has 3 aliphatic rings. The van der Waals surface area contributed by atoms with Gasteiger partial charge in [0.1, 0.15) is 11.7 Å². The van der Waals surface area contributed by atoms with Crippen LogP contribution in [0.5, 0.6) is 5.75 Å². The van der Waals surface area contributed by atoms with Crippen molar-refractivity contribution in [2.75, 3.05) is 5.32 Å². The van der Waals surface area contributed by atoms with Gasteiger partial charge in [-0.25, -0.2) is 0 Å². The second-order valence-corrected chi connectivity index (χ2v) is 8.18. The Hall–Kier alpha value is -2.82. The number of piperidine rings is 1. The quantitative estimate of drug-likeness (QED) is 0.785. The van der Waals surface area contributed by atoms with Crippen molar-refractivity contribution in [2.45, 2.75) is 44.2 Å². The van der Waals surface area contributed by atoms with Crippen molar-refractivity contribution >= 4 is 17.5 Å². The molecule has 5 nitrogen and oxygen atoms in total. The van der Waals surface area contributed by atoms with Crippen LogP contribution in [0.1, 0.15) is 42.7 Å². The van der Waals surface area contributed by atoms with Crippen LogP contribution in [0.15, 0.2) is 48.5 Å². The fourth-order valence-corrected chi connectivity index (χ4v) is 5.28. The summed E-state index contributed by atoms with van der Waals surface area (Å²) in [4.78, 5) is 26.4. The molecule has 2 aliphatic heterocycles. The van der Waals surface area contributed by atoms with E-state index in [-0.39, 0.29) is 23.7 Å². The highest BCUT2D eigenvalue weighted by atomic mass is 16.5. The summed E-state index contributed by atoms with van der Waals surface area (Å²) in [6, 6.07) is 15.5. The number of benzene rings is 2. The summed E-state index contributed by atoms with van der Waals surface area (Å²) in [5, 5.41) is 6.11. The van der Waals surface area contributed by atoms with Gasteiger partial charge in [0.05, 0.1) is 0 Å². The lowest BCUT2D eigenvalue weighted by Crippen LogP contribution is -2.69. The Bertz CT molecular complexity index is 956. The van der Waals surface area contributed by atoms with Gasteiger partial charge in [0.2, 0.25) is 11.8 Å². The molecular weight excluding hydrogens is 352 g/mol. The number of carbonyl (C=O) groups excluding carboxylic acids is 2. The van der Waals surface area contributed by atoms with Crippen LogP contribution in [0.3, 0.4) is 0 Å².